The SMILES string of the molecule is C[C@H]1C/C=C\Cc2cccc(O)c2C(=O)O[C@H](/C=C\C#N)C[C@@H]1O. The van der Waals surface area contributed by atoms with E-state index >= 15 is 0 Å². The van der Waals surface area contributed by atoms with Gasteiger partial charge in [0.25, 0.3) is 0 Å². The van der Waals surface area contributed by atoms with E-state index in [0.717, 1.165) is 0 Å². The van der Waals surface area contributed by atoms with E-state index in [2.05, 4.69) is 0 Å². The van der Waals surface area contributed by atoms with Crippen LogP contribution in [0.25, 0.3) is 0 Å². The summed E-state index contributed by atoms with van der Waals surface area (Å²) < 4.78 is 5.43. The van der Waals surface area contributed by atoms with Crippen molar-refractivity contribution in [3.63, 3.8) is 0 Å². The molecule has 1 aliphatic heterocycles. The fourth-order valence-electron chi connectivity index (χ4n) is 2.65. The average molecular weight is 327 g/mol. The number of nitrogens with zero attached hydrogens (tertiary/aromatic N) is 1. The molecule has 0 aromatic heterocycles. The third-order valence-corrected chi connectivity index (χ3v) is 4.12. The molecule has 1 aromatic carbocycles. The smallest absolute Gasteiger partial charge is 0.342 e. The molecule has 0 spiro atoms. The van der Waals surface area contributed by atoms with Crippen LogP contribution >= 0.6 is 0 Å². The molecule has 1 heterocycles. The molecule has 0 aliphatic carbocycles. The summed E-state index contributed by atoms with van der Waals surface area (Å²) in [5.41, 5.74) is 0.800. The molecule has 5 nitrogen and oxygen atoms in total. The van der Waals surface area contributed by atoms with Gasteiger partial charge in [0.05, 0.1) is 12.2 Å². The molecule has 126 valence electrons. The van der Waals surface area contributed by atoms with Gasteiger partial charge in [-0.1, -0.05) is 31.2 Å². The van der Waals surface area contributed by atoms with Crippen molar-refractivity contribution in [2.45, 2.75) is 38.4 Å². The first-order valence-corrected chi connectivity index (χ1v) is 7.94. The van der Waals surface area contributed by atoms with Crippen LogP contribution in [0.4, 0.5) is 0 Å². The zero-order chi connectivity index (χ0) is 17.5. The molecule has 0 amide bonds. The molecule has 1 aromatic rings. The highest BCUT2D eigenvalue weighted by molar-refractivity contribution is 5.94. The second-order valence-electron chi connectivity index (χ2n) is 5.93. The number of phenolic OH excluding ortho intramolecular Hbond substituents is 1. The summed E-state index contributed by atoms with van der Waals surface area (Å²) in [4.78, 5) is 12.5. The van der Waals surface area contributed by atoms with Crippen molar-refractivity contribution in [3.8, 4) is 11.8 Å². The number of allylic oxidation sites excluding steroid dienone is 3. The number of carbonyl (C=O) groups is 1. The summed E-state index contributed by atoms with van der Waals surface area (Å²) in [6.45, 7) is 1.92. The van der Waals surface area contributed by atoms with Crippen LogP contribution in [0.15, 0.2) is 42.5 Å². The van der Waals surface area contributed by atoms with Gasteiger partial charge in [-0.3, -0.25) is 0 Å². The van der Waals surface area contributed by atoms with Crippen LogP contribution in [-0.4, -0.2) is 28.4 Å². The van der Waals surface area contributed by atoms with Gasteiger partial charge in [-0.2, -0.15) is 5.26 Å². The van der Waals surface area contributed by atoms with E-state index in [1.165, 1.54) is 18.2 Å². The van der Waals surface area contributed by atoms with Gasteiger partial charge in [-0.05, 0) is 36.5 Å². The predicted molar refractivity (Wildman–Crippen MR) is 89.3 cm³/mol. The number of aliphatic hydroxyl groups is 1. The normalized spacial score (nSPS) is 26.5. The number of hydrogen-bond donors (Lipinski definition) is 2. The van der Waals surface area contributed by atoms with E-state index in [-0.39, 0.29) is 23.7 Å². The lowest BCUT2D eigenvalue weighted by atomic mass is 9.94. The van der Waals surface area contributed by atoms with Crippen LogP contribution in [0, 0.1) is 17.2 Å². The fraction of sp³-hybridized carbons (Fsp3) is 0.368. The molecule has 0 bridgehead atoms. The van der Waals surface area contributed by atoms with Crippen molar-refractivity contribution in [3.05, 3.63) is 53.6 Å². The second-order valence-corrected chi connectivity index (χ2v) is 5.93. The zero-order valence-corrected chi connectivity index (χ0v) is 13.6. The molecule has 0 saturated carbocycles. The number of phenols is 1. The first kappa shape index (κ1) is 17.8. The highest BCUT2D eigenvalue weighted by atomic mass is 16.5. The lowest BCUT2D eigenvalue weighted by Gasteiger charge is -2.23. The van der Waals surface area contributed by atoms with E-state index in [1.54, 1.807) is 12.1 Å². The number of hydrogen-bond acceptors (Lipinski definition) is 5. The Morgan fingerprint density at radius 2 is 2.17 bits per heavy atom. The van der Waals surface area contributed by atoms with Crippen molar-refractivity contribution in [2.75, 3.05) is 0 Å². The molecule has 0 unspecified atom stereocenters. The van der Waals surface area contributed by atoms with Gasteiger partial charge in [0, 0.05) is 12.5 Å². The molecule has 24 heavy (non-hydrogen) atoms. The van der Waals surface area contributed by atoms with Crippen molar-refractivity contribution >= 4 is 5.97 Å². The minimum absolute atomic E-state index is 0.000936. The monoisotopic (exact) mass is 327 g/mol. The Labute approximate surface area is 141 Å². The third kappa shape index (κ3) is 4.46. The van der Waals surface area contributed by atoms with Gasteiger partial charge in [0.1, 0.15) is 17.4 Å². The average Bonchev–Trinajstić information content (AvgIpc) is 2.55. The number of fused-ring (bicyclic) bond motifs is 1. The molecule has 0 radical (unpaired) electrons. The zero-order valence-electron chi connectivity index (χ0n) is 13.6. The van der Waals surface area contributed by atoms with Crippen LogP contribution in [-0.2, 0) is 11.2 Å². The van der Waals surface area contributed by atoms with Crippen LogP contribution in [0.2, 0.25) is 0 Å². The van der Waals surface area contributed by atoms with E-state index in [9.17, 15) is 15.0 Å². The van der Waals surface area contributed by atoms with Crippen LogP contribution < -0.4 is 0 Å². The van der Waals surface area contributed by atoms with E-state index < -0.39 is 18.2 Å². The van der Waals surface area contributed by atoms with E-state index in [4.69, 9.17) is 10.00 Å². The lowest BCUT2D eigenvalue weighted by Crippen LogP contribution is -2.27. The van der Waals surface area contributed by atoms with Gasteiger partial charge in [0.2, 0.25) is 0 Å². The maximum atomic E-state index is 12.5. The predicted octanol–water partition coefficient (Wildman–Crippen LogP) is 2.89. The van der Waals surface area contributed by atoms with Gasteiger partial charge in [-0.15, -0.1) is 0 Å². The maximum absolute atomic E-state index is 12.5. The fourth-order valence-corrected chi connectivity index (χ4v) is 2.65. The molecule has 5 heteroatoms. The molecule has 2 rings (SSSR count). The summed E-state index contributed by atoms with van der Waals surface area (Å²) >= 11 is 0. The number of aliphatic hydroxyl groups excluding tert-OH is 1. The Kier molecular flexibility index (Phi) is 6.16. The Hall–Kier alpha value is -2.58. The first-order chi connectivity index (χ1) is 11.5. The van der Waals surface area contributed by atoms with E-state index in [0.29, 0.717) is 18.4 Å². The minimum atomic E-state index is -0.731. The summed E-state index contributed by atoms with van der Waals surface area (Å²) in [5.74, 6) is -0.801. The number of nitriles is 1. The first-order valence-electron chi connectivity index (χ1n) is 7.94. The number of esters is 1. The number of carbonyl (C=O) groups excluding carboxylic acids is 1. The number of aromatic hydroxyl groups is 1. The molecule has 0 saturated heterocycles. The standard InChI is InChI=1S/C19H21NO4/c1-13-6-2-3-7-14-8-4-10-16(21)18(14)19(23)24-15(9-5-11-20)12-17(13)22/h2-5,8-10,13,15,17,21-22H,6-7,12H2,1H3/b3-2-,9-5-/t13-,15+,17-/m0/s1. The highest BCUT2D eigenvalue weighted by Crippen LogP contribution is 2.25. The van der Waals surface area contributed by atoms with E-state index in [1.807, 2.05) is 25.1 Å². The van der Waals surface area contributed by atoms with Crippen LogP contribution in [0.5, 0.6) is 5.75 Å². The topological polar surface area (TPSA) is 90.5 Å². The number of cyclic esters (lactones) is 1. The Bertz CT molecular complexity index is 687. The maximum Gasteiger partial charge on any atom is 0.342 e. The molecular formula is C19H21NO4. The summed E-state index contributed by atoms with van der Waals surface area (Å²) in [6, 6.07) is 6.75. The minimum Gasteiger partial charge on any atom is -0.507 e. The Balaban J connectivity index is 2.39. The van der Waals surface area contributed by atoms with Crippen LogP contribution in [0.1, 0.15) is 35.7 Å². The largest absolute Gasteiger partial charge is 0.507 e. The van der Waals surface area contributed by atoms with Crippen molar-refractivity contribution in [1.82, 2.24) is 0 Å². The molecule has 0 fully saturated rings. The van der Waals surface area contributed by atoms with Crippen molar-refractivity contribution < 1.29 is 19.7 Å². The molecule has 1 aliphatic rings. The van der Waals surface area contributed by atoms with Gasteiger partial charge in [-0.25, -0.2) is 4.79 Å². The quantitative estimate of drug-likeness (QED) is 0.470. The highest BCUT2D eigenvalue weighted by Gasteiger charge is 2.24. The van der Waals surface area contributed by atoms with Gasteiger partial charge in [0.15, 0.2) is 0 Å². The molecule has 2 N–H and O–H groups in total. The van der Waals surface area contributed by atoms with Gasteiger partial charge >= 0.3 is 5.97 Å². The second kappa shape index (κ2) is 8.32. The summed E-state index contributed by atoms with van der Waals surface area (Å²) in [7, 11) is 0. The molecular weight excluding hydrogens is 306 g/mol. The number of rotatable bonds is 1. The van der Waals surface area contributed by atoms with Crippen LogP contribution in [0.3, 0.4) is 0 Å². The molecule has 3 atom stereocenters. The Morgan fingerprint density at radius 1 is 1.38 bits per heavy atom. The number of ether oxygens (including phenoxy) is 1. The summed E-state index contributed by atoms with van der Waals surface area (Å²) in [6.07, 6.45) is 6.55. The van der Waals surface area contributed by atoms with Crippen molar-refractivity contribution in [2.24, 2.45) is 5.92 Å². The lowest BCUT2D eigenvalue weighted by molar-refractivity contribution is 0.0191. The van der Waals surface area contributed by atoms with Gasteiger partial charge < -0.3 is 14.9 Å². The number of benzene rings is 1. The summed E-state index contributed by atoms with van der Waals surface area (Å²) in [5, 5.41) is 29.0. The van der Waals surface area contributed by atoms with Crippen molar-refractivity contribution in [1.29, 1.82) is 5.26 Å². The third-order valence-electron chi connectivity index (χ3n) is 4.12. The Morgan fingerprint density at radius 3 is 2.92 bits per heavy atom.